The first-order chi connectivity index (χ1) is 10.2. The molecule has 0 saturated carbocycles. The topological polar surface area (TPSA) is 34.4 Å². The third-order valence-electron chi connectivity index (χ3n) is 3.33. The second-order valence-electron chi connectivity index (χ2n) is 4.68. The molecule has 0 amide bonds. The molecular formula is C16H9ClN2OS. The minimum absolute atomic E-state index is 0.239. The molecule has 21 heavy (non-hydrogen) atoms. The Morgan fingerprint density at radius 2 is 1.90 bits per heavy atom. The van der Waals surface area contributed by atoms with E-state index in [1.54, 1.807) is 6.07 Å². The Morgan fingerprint density at radius 3 is 2.76 bits per heavy atom. The first kappa shape index (κ1) is 12.6. The Labute approximate surface area is 129 Å². The molecule has 2 aromatic carbocycles. The van der Waals surface area contributed by atoms with Crippen LogP contribution in [0.25, 0.3) is 26.4 Å². The molecule has 0 aliphatic carbocycles. The molecule has 0 radical (unpaired) electrons. The number of aromatic nitrogens is 2. The second kappa shape index (κ2) is 4.69. The summed E-state index contributed by atoms with van der Waals surface area (Å²) in [5, 5.41) is 0.644. The maximum atomic E-state index is 11.9. The average Bonchev–Trinajstić information content (AvgIpc) is 2.84. The van der Waals surface area contributed by atoms with Gasteiger partial charge in [-0.15, -0.1) is 0 Å². The fourth-order valence-electron chi connectivity index (χ4n) is 2.45. The number of nitrogens with zero attached hydrogens (tertiary/aromatic N) is 2. The van der Waals surface area contributed by atoms with Crippen LogP contribution in [0.5, 0.6) is 0 Å². The van der Waals surface area contributed by atoms with Gasteiger partial charge in [0.25, 0.3) is 5.56 Å². The van der Waals surface area contributed by atoms with Gasteiger partial charge < -0.3 is 0 Å². The quantitative estimate of drug-likeness (QED) is 0.527. The van der Waals surface area contributed by atoms with E-state index in [4.69, 9.17) is 11.6 Å². The molecule has 102 valence electrons. The van der Waals surface area contributed by atoms with E-state index < -0.39 is 0 Å². The predicted molar refractivity (Wildman–Crippen MR) is 87.3 cm³/mol. The summed E-state index contributed by atoms with van der Waals surface area (Å²) < 4.78 is 3.10. The van der Waals surface area contributed by atoms with Crippen molar-refractivity contribution in [1.29, 1.82) is 0 Å². The summed E-state index contributed by atoms with van der Waals surface area (Å²) >= 11 is 7.59. The third-order valence-corrected chi connectivity index (χ3v) is 4.58. The first-order valence-electron chi connectivity index (χ1n) is 6.40. The summed E-state index contributed by atoms with van der Waals surface area (Å²) in [5.74, 6) is 0. The van der Waals surface area contributed by atoms with Crippen LogP contribution in [0.15, 0.2) is 59.4 Å². The van der Waals surface area contributed by atoms with E-state index in [1.807, 2.05) is 52.9 Å². The van der Waals surface area contributed by atoms with Crippen LogP contribution in [0, 0.1) is 0 Å². The molecule has 0 spiro atoms. The molecule has 0 bridgehead atoms. The SMILES string of the molecule is O=c1cc(-c2cccc(Cl)c2)n2c(n1)sc1ccccc12. The molecule has 0 aliphatic heterocycles. The lowest BCUT2D eigenvalue weighted by Gasteiger charge is -2.06. The van der Waals surface area contributed by atoms with Crippen molar-refractivity contribution >= 4 is 38.1 Å². The highest BCUT2D eigenvalue weighted by molar-refractivity contribution is 7.23. The summed E-state index contributed by atoms with van der Waals surface area (Å²) in [7, 11) is 0. The zero-order chi connectivity index (χ0) is 14.4. The molecular weight excluding hydrogens is 304 g/mol. The van der Waals surface area contributed by atoms with Crippen LogP contribution in [0.4, 0.5) is 0 Å². The highest BCUT2D eigenvalue weighted by atomic mass is 35.5. The van der Waals surface area contributed by atoms with Crippen molar-refractivity contribution in [1.82, 2.24) is 9.38 Å². The Bertz CT molecular complexity index is 1040. The van der Waals surface area contributed by atoms with Gasteiger partial charge in [-0.3, -0.25) is 9.20 Å². The molecule has 4 aromatic rings. The lowest BCUT2D eigenvalue weighted by molar-refractivity contribution is 1.15. The molecule has 0 aliphatic rings. The zero-order valence-electron chi connectivity index (χ0n) is 10.8. The Morgan fingerprint density at radius 1 is 1.05 bits per heavy atom. The van der Waals surface area contributed by atoms with Crippen LogP contribution in [-0.2, 0) is 0 Å². The van der Waals surface area contributed by atoms with E-state index in [0.29, 0.717) is 9.98 Å². The molecule has 2 heterocycles. The van der Waals surface area contributed by atoms with Gasteiger partial charge >= 0.3 is 0 Å². The van der Waals surface area contributed by atoms with Gasteiger partial charge in [0.1, 0.15) is 0 Å². The first-order valence-corrected chi connectivity index (χ1v) is 7.59. The second-order valence-corrected chi connectivity index (χ2v) is 6.12. The summed E-state index contributed by atoms with van der Waals surface area (Å²) in [6.07, 6.45) is 0. The highest BCUT2D eigenvalue weighted by Crippen LogP contribution is 2.30. The lowest BCUT2D eigenvalue weighted by Crippen LogP contribution is -2.08. The van der Waals surface area contributed by atoms with Gasteiger partial charge in [0.05, 0.1) is 15.9 Å². The van der Waals surface area contributed by atoms with Crippen LogP contribution < -0.4 is 5.56 Å². The van der Waals surface area contributed by atoms with Gasteiger partial charge in [-0.25, -0.2) is 0 Å². The molecule has 3 nitrogen and oxygen atoms in total. The maximum absolute atomic E-state index is 11.9. The van der Waals surface area contributed by atoms with E-state index >= 15 is 0 Å². The number of fused-ring (bicyclic) bond motifs is 3. The van der Waals surface area contributed by atoms with Gasteiger partial charge in [0.2, 0.25) is 0 Å². The van der Waals surface area contributed by atoms with Crippen molar-refractivity contribution in [2.75, 3.05) is 0 Å². The number of hydrogen-bond donors (Lipinski definition) is 0. The number of hydrogen-bond acceptors (Lipinski definition) is 3. The predicted octanol–water partition coefficient (Wildman–Crippen LogP) is 4.23. The highest BCUT2D eigenvalue weighted by Gasteiger charge is 2.11. The van der Waals surface area contributed by atoms with Gasteiger partial charge in [-0.1, -0.05) is 47.2 Å². The monoisotopic (exact) mass is 312 g/mol. The van der Waals surface area contributed by atoms with Gasteiger partial charge in [0, 0.05) is 16.7 Å². The molecule has 0 N–H and O–H groups in total. The number of rotatable bonds is 1. The Hall–Kier alpha value is -2.17. The van der Waals surface area contributed by atoms with Crippen LogP contribution in [0.1, 0.15) is 0 Å². The summed E-state index contributed by atoms with van der Waals surface area (Å²) in [6.45, 7) is 0. The van der Waals surface area contributed by atoms with Crippen LogP contribution >= 0.6 is 22.9 Å². The van der Waals surface area contributed by atoms with E-state index in [1.165, 1.54) is 11.3 Å². The number of para-hydroxylation sites is 1. The molecule has 2 aromatic heterocycles. The van der Waals surface area contributed by atoms with Crippen molar-refractivity contribution < 1.29 is 0 Å². The Balaban J connectivity index is 2.19. The van der Waals surface area contributed by atoms with Crippen molar-refractivity contribution in [2.24, 2.45) is 0 Å². The van der Waals surface area contributed by atoms with Gasteiger partial charge in [-0.05, 0) is 24.3 Å². The summed E-state index contributed by atoms with van der Waals surface area (Å²) in [5.41, 5.74) is 2.52. The minimum atomic E-state index is -0.239. The van der Waals surface area contributed by atoms with Crippen molar-refractivity contribution in [3.63, 3.8) is 0 Å². The normalized spacial score (nSPS) is 11.3. The van der Waals surface area contributed by atoms with E-state index in [2.05, 4.69) is 4.98 Å². The van der Waals surface area contributed by atoms with Crippen LogP contribution in [0.3, 0.4) is 0 Å². The van der Waals surface area contributed by atoms with E-state index in [9.17, 15) is 4.79 Å². The van der Waals surface area contributed by atoms with Gasteiger partial charge in [0.15, 0.2) is 4.96 Å². The van der Waals surface area contributed by atoms with Crippen molar-refractivity contribution in [3.8, 4) is 11.3 Å². The molecule has 0 saturated heterocycles. The van der Waals surface area contributed by atoms with Crippen LogP contribution in [-0.4, -0.2) is 9.38 Å². The number of halogens is 1. The zero-order valence-corrected chi connectivity index (χ0v) is 12.4. The molecule has 0 unspecified atom stereocenters. The third kappa shape index (κ3) is 2.04. The molecule has 5 heteroatoms. The van der Waals surface area contributed by atoms with E-state index in [-0.39, 0.29) is 5.56 Å². The fraction of sp³-hybridized carbons (Fsp3) is 0. The number of benzene rings is 2. The van der Waals surface area contributed by atoms with E-state index in [0.717, 1.165) is 21.5 Å². The van der Waals surface area contributed by atoms with Crippen LogP contribution in [0.2, 0.25) is 5.02 Å². The van der Waals surface area contributed by atoms with Gasteiger partial charge in [-0.2, -0.15) is 4.98 Å². The smallest absolute Gasteiger partial charge is 0.274 e. The van der Waals surface area contributed by atoms with Crippen molar-refractivity contribution in [2.45, 2.75) is 0 Å². The molecule has 0 fully saturated rings. The molecule has 4 rings (SSSR count). The summed E-state index contributed by atoms with van der Waals surface area (Å²) in [4.78, 5) is 16.7. The standard InChI is InChI=1S/C16H9ClN2OS/c17-11-5-3-4-10(8-11)13-9-15(20)18-16-19(13)12-6-1-2-7-14(12)21-16/h1-9H. The maximum Gasteiger partial charge on any atom is 0.274 e. The lowest BCUT2D eigenvalue weighted by atomic mass is 10.1. The number of thiazole rings is 1. The largest absolute Gasteiger partial charge is 0.284 e. The summed E-state index contributed by atoms with van der Waals surface area (Å²) in [6, 6.07) is 17.1. The molecule has 0 atom stereocenters. The average molecular weight is 313 g/mol. The van der Waals surface area contributed by atoms with Crippen molar-refractivity contribution in [3.05, 3.63) is 70.0 Å². The minimum Gasteiger partial charge on any atom is -0.284 e. The fourth-order valence-corrected chi connectivity index (χ4v) is 3.67. The Kier molecular flexibility index (Phi) is 2.80.